The molecule has 1 aliphatic carbocycles. The van der Waals surface area contributed by atoms with Crippen LogP contribution in [0.5, 0.6) is 0 Å². The second-order valence-electron chi connectivity index (χ2n) is 9.29. The van der Waals surface area contributed by atoms with Crippen LogP contribution in [0.25, 0.3) is 0 Å². The highest BCUT2D eigenvalue weighted by atomic mass is 16.2. The van der Waals surface area contributed by atoms with E-state index in [1.165, 1.54) is 0 Å². The summed E-state index contributed by atoms with van der Waals surface area (Å²) in [6.45, 7) is 3.61. The van der Waals surface area contributed by atoms with E-state index < -0.39 is 24.0 Å². The Bertz CT molecular complexity index is 1090. The Morgan fingerprint density at radius 1 is 1.06 bits per heavy atom. The molecule has 34 heavy (non-hydrogen) atoms. The molecular weight excluding hydrogens is 432 g/mol. The Hall–Kier alpha value is -3.68. The van der Waals surface area contributed by atoms with Gasteiger partial charge in [0.25, 0.3) is 11.8 Å². The van der Waals surface area contributed by atoms with Gasteiger partial charge in [-0.2, -0.15) is 0 Å². The maximum absolute atomic E-state index is 13.0. The molecule has 2 aromatic carbocycles. The minimum absolute atomic E-state index is 0.224. The lowest BCUT2D eigenvalue weighted by molar-refractivity contribution is -0.135. The topological polar surface area (TPSA) is 108 Å². The van der Waals surface area contributed by atoms with Crippen LogP contribution >= 0.6 is 0 Å². The molecule has 8 nitrogen and oxygen atoms in total. The summed E-state index contributed by atoms with van der Waals surface area (Å²) >= 11 is 0. The van der Waals surface area contributed by atoms with Crippen molar-refractivity contribution in [3.63, 3.8) is 0 Å². The van der Waals surface area contributed by atoms with Gasteiger partial charge in [0.1, 0.15) is 12.1 Å². The first-order valence-electron chi connectivity index (χ1n) is 11.7. The summed E-state index contributed by atoms with van der Waals surface area (Å²) in [5, 5.41) is 8.45. The fourth-order valence-electron chi connectivity index (χ4n) is 4.64. The highest BCUT2D eigenvalue weighted by Crippen LogP contribution is 2.36. The molecule has 1 spiro atoms. The predicted molar refractivity (Wildman–Crippen MR) is 128 cm³/mol. The van der Waals surface area contributed by atoms with Crippen molar-refractivity contribution in [1.82, 2.24) is 15.5 Å². The van der Waals surface area contributed by atoms with Gasteiger partial charge < -0.3 is 16.0 Å². The number of nitrogens with one attached hydrogen (secondary N) is 3. The van der Waals surface area contributed by atoms with Gasteiger partial charge >= 0.3 is 6.03 Å². The van der Waals surface area contributed by atoms with Crippen LogP contribution in [0, 0.1) is 5.92 Å². The Balaban J connectivity index is 1.41. The van der Waals surface area contributed by atoms with E-state index in [0.29, 0.717) is 30.0 Å². The predicted octanol–water partition coefficient (Wildman–Crippen LogP) is 3.62. The zero-order valence-corrected chi connectivity index (χ0v) is 19.5. The number of hydrogen-bond acceptors (Lipinski definition) is 4. The summed E-state index contributed by atoms with van der Waals surface area (Å²) in [7, 11) is 0. The molecule has 1 atom stereocenters. The normalized spacial score (nSPS) is 22.9. The summed E-state index contributed by atoms with van der Waals surface area (Å²) in [6, 6.07) is 15.5. The molecule has 0 bridgehead atoms. The molecule has 1 heterocycles. The zero-order valence-electron chi connectivity index (χ0n) is 19.5. The molecule has 2 aliphatic rings. The van der Waals surface area contributed by atoms with Crippen molar-refractivity contribution in [1.29, 1.82) is 0 Å². The lowest BCUT2D eigenvalue weighted by atomic mass is 9.77. The minimum Gasteiger partial charge on any atom is -0.345 e. The fourth-order valence-corrected chi connectivity index (χ4v) is 4.64. The number of para-hydroxylation sites is 1. The van der Waals surface area contributed by atoms with Crippen molar-refractivity contribution in [2.24, 2.45) is 5.92 Å². The molecule has 1 saturated carbocycles. The molecule has 3 N–H and O–H groups in total. The first kappa shape index (κ1) is 23.5. The molecule has 1 aliphatic heterocycles. The summed E-state index contributed by atoms with van der Waals surface area (Å²) < 4.78 is 0. The molecular formula is C26H30N4O4. The third kappa shape index (κ3) is 4.81. The van der Waals surface area contributed by atoms with E-state index in [2.05, 4.69) is 22.9 Å². The van der Waals surface area contributed by atoms with Crippen LogP contribution < -0.4 is 16.0 Å². The van der Waals surface area contributed by atoms with Crippen LogP contribution in [0.3, 0.4) is 0 Å². The van der Waals surface area contributed by atoms with E-state index >= 15 is 0 Å². The number of hydrogen-bond donors (Lipinski definition) is 3. The van der Waals surface area contributed by atoms with Gasteiger partial charge in [-0.1, -0.05) is 49.4 Å². The number of imide groups is 1. The maximum atomic E-state index is 13.0. The van der Waals surface area contributed by atoms with E-state index in [0.717, 1.165) is 23.3 Å². The van der Waals surface area contributed by atoms with Gasteiger partial charge in [-0.3, -0.25) is 19.3 Å². The standard InChI is InChI=1S/C26H30N4O4/c1-17-12-14-26(15-13-17)24(33)30(25(34)29-26)16-22(31)28-21-11-7-6-10-20(21)23(32)27-18(2)19-8-4-3-5-9-19/h3-11,17-18H,12-16H2,1-2H3,(H,27,32)(H,28,31)(H,29,34)/t17?,18-,26?/m1/s1. The summed E-state index contributed by atoms with van der Waals surface area (Å²) in [4.78, 5) is 52.2. The Kier molecular flexibility index (Phi) is 6.68. The van der Waals surface area contributed by atoms with Crippen molar-refractivity contribution < 1.29 is 19.2 Å². The quantitative estimate of drug-likeness (QED) is 0.570. The summed E-state index contributed by atoms with van der Waals surface area (Å²) in [6.07, 6.45) is 2.88. The number of nitrogens with zero attached hydrogens (tertiary/aromatic N) is 1. The molecule has 4 rings (SSSR count). The third-order valence-corrected chi connectivity index (χ3v) is 6.77. The van der Waals surface area contributed by atoms with E-state index in [-0.39, 0.29) is 17.9 Å². The van der Waals surface area contributed by atoms with Crippen LogP contribution in [-0.4, -0.2) is 40.7 Å². The summed E-state index contributed by atoms with van der Waals surface area (Å²) in [5.74, 6) is -0.708. The number of rotatable bonds is 6. The molecule has 0 aromatic heterocycles. The van der Waals surface area contributed by atoms with Gasteiger partial charge in [0.15, 0.2) is 0 Å². The lowest BCUT2D eigenvalue weighted by Crippen LogP contribution is -2.49. The van der Waals surface area contributed by atoms with Gasteiger partial charge in [-0.25, -0.2) is 4.79 Å². The molecule has 0 radical (unpaired) electrons. The lowest BCUT2D eigenvalue weighted by Gasteiger charge is -2.33. The van der Waals surface area contributed by atoms with Crippen molar-refractivity contribution in [3.8, 4) is 0 Å². The van der Waals surface area contributed by atoms with E-state index in [9.17, 15) is 19.2 Å². The van der Waals surface area contributed by atoms with E-state index in [4.69, 9.17) is 0 Å². The third-order valence-electron chi connectivity index (χ3n) is 6.77. The Labute approximate surface area is 199 Å². The fraction of sp³-hybridized carbons (Fsp3) is 0.385. The minimum atomic E-state index is -0.894. The number of benzene rings is 2. The molecule has 1 saturated heterocycles. The van der Waals surface area contributed by atoms with Crippen molar-refractivity contribution in [3.05, 3.63) is 65.7 Å². The monoisotopic (exact) mass is 462 g/mol. The number of amides is 5. The number of carbonyl (C=O) groups is 4. The largest absolute Gasteiger partial charge is 0.345 e. The number of anilines is 1. The maximum Gasteiger partial charge on any atom is 0.325 e. The molecule has 178 valence electrons. The van der Waals surface area contributed by atoms with Crippen LogP contribution in [0.2, 0.25) is 0 Å². The average molecular weight is 463 g/mol. The van der Waals surface area contributed by atoms with Crippen LogP contribution in [0.15, 0.2) is 54.6 Å². The molecule has 0 unspecified atom stereocenters. The first-order chi connectivity index (χ1) is 16.3. The number of urea groups is 1. The molecule has 2 aromatic rings. The van der Waals surface area contributed by atoms with Gasteiger partial charge in [0.05, 0.1) is 17.3 Å². The van der Waals surface area contributed by atoms with Crippen molar-refractivity contribution in [2.45, 2.75) is 51.1 Å². The van der Waals surface area contributed by atoms with E-state index in [1.807, 2.05) is 37.3 Å². The molecule has 5 amide bonds. The van der Waals surface area contributed by atoms with Crippen LogP contribution in [-0.2, 0) is 9.59 Å². The second kappa shape index (κ2) is 9.67. The second-order valence-corrected chi connectivity index (χ2v) is 9.29. The number of carbonyl (C=O) groups excluding carboxylic acids is 4. The Morgan fingerprint density at radius 2 is 1.71 bits per heavy atom. The van der Waals surface area contributed by atoms with Gasteiger partial charge in [-0.15, -0.1) is 0 Å². The highest BCUT2D eigenvalue weighted by molar-refractivity contribution is 6.11. The van der Waals surface area contributed by atoms with Crippen molar-refractivity contribution in [2.75, 3.05) is 11.9 Å². The summed E-state index contributed by atoms with van der Waals surface area (Å²) in [5.41, 5.74) is 0.684. The van der Waals surface area contributed by atoms with Gasteiger partial charge in [-0.05, 0) is 56.2 Å². The van der Waals surface area contributed by atoms with E-state index in [1.54, 1.807) is 24.3 Å². The molecule has 8 heteroatoms. The molecule has 2 fully saturated rings. The first-order valence-corrected chi connectivity index (χ1v) is 11.7. The average Bonchev–Trinajstić information content (AvgIpc) is 3.06. The van der Waals surface area contributed by atoms with Crippen LogP contribution in [0.4, 0.5) is 10.5 Å². The Morgan fingerprint density at radius 3 is 2.41 bits per heavy atom. The van der Waals surface area contributed by atoms with Crippen LogP contribution in [0.1, 0.15) is 61.5 Å². The van der Waals surface area contributed by atoms with Gasteiger partial charge in [0.2, 0.25) is 5.91 Å². The van der Waals surface area contributed by atoms with Gasteiger partial charge in [0, 0.05) is 0 Å². The zero-order chi connectivity index (χ0) is 24.3. The van der Waals surface area contributed by atoms with Crippen molar-refractivity contribution >= 4 is 29.4 Å². The smallest absolute Gasteiger partial charge is 0.325 e. The SMILES string of the molecule is CC1CCC2(CC1)NC(=O)N(CC(=O)Nc1ccccc1C(=O)N[C@H](C)c1ccccc1)C2=O. The highest BCUT2D eigenvalue weighted by Gasteiger charge is 2.52.